The second-order valence-electron chi connectivity index (χ2n) is 7.16. The van der Waals surface area contributed by atoms with Gasteiger partial charge in [0.1, 0.15) is 0 Å². The summed E-state index contributed by atoms with van der Waals surface area (Å²) >= 11 is 2.14. The Kier molecular flexibility index (Phi) is 5.62. The first kappa shape index (κ1) is 15.7. The lowest BCUT2D eigenvalue weighted by atomic mass is 9.84. The Bertz CT molecular complexity index is 280. The fourth-order valence-corrected chi connectivity index (χ4v) is 4.93. The van der Waals surface area contributed by atoms with Crippen molar-refractivity contribution >= 4 is 11.8 Å². The molecule has 0 aromatic heterocycles. The van der Waals surface area contributed by atoms with Gasteiger partial charge in [-0.05, 0) is 37.1 Å². The van der Waals surface area contributed by atoms with E-state index in [0.29, 0.717) is 5.41 Å². The maximum Gasteiger partial charge on any atom is 0.0159 e. The zero-order valence-electron chi connectivity index (χ0n) is 13.2. The number of hydrogen-bond acceptors (Lipinski definition) is 3. The Morgan fingerprint density at radius 1 is 1.37 bits per heavy atom. The van der Waals surface area contributed by atoms with Gasteiger partial charge in [-0.3, -0.25) is 0 Å². The fraction of sp³-hybridized carbons (Fsp3) is 1.00. The lowest BCUT2D eigenvalue weighted by Crippen LogP contribution is -2.48. The Balaban J connectivity index is 1.90. The molecule has 1 heterocycles. The van der Waals surface area contributed by atoms with Crippen molar-refractivity contribution in [2.24, 2.45) is 11.3 Å². The van der Waals surface area contributed by atoms with Crippen molar-refractivity contribution in [1.82, 2.24) is 10.2 Å². The Hall–Kier alpha value is 0.270. The van der Waals surface area contributed by atoms with Crippen molar-refractivity contribution in [1.29, 1.82) is 0 Å². The summed E-state index contributed by atoms with van der Waals surface area (Å²) in [7, 11) is 0. The van der Waals surface area contributed by atoms with Gasteiger partial charge in [-0.15, -0.1) is 0 Å². The topological polar surface area (TPSA) is 15.3 Å². The minimum atomic E-state index is 0.482. The monoisotopic (exact) mass is 284 g/mol. The highest BCUT2D eigenvalue weighted by Crippen LogP contribution is 2.41. The SMILES string of the molecule is CCCNC1C(CN2CCSC(C)C2)CCC1(C)C. The maximum atomic E-state index is 3.84. The first-order valence-corrected chi connectivity index (χ1v) is 9.15. The van der Waals surface area contributed by atoms with Crippen LogP contribution in [0.15, 0.2) is 0 Å². The average molecular weight is 285 g/mol. The van der Waals surface area contributed by atoms with Crippen LogP contribution in [0, 0.1) is 11.3 Å². The molecule has 1 saturated carbocycles. The number of rotatable bonds is 5. The van der Waals surface area contributed by atoms with Gasteiger partial charge in [0.25, 0.3) is 0 Å². The summed E-state index contributed by atoms with van der Waals surface area (Å²) in [5, 5.41) is 4.66. The molecule has 2 aliphatic rings. The van der Waals surface area contributed by atoms with Gasteiger partial charge in [0.05, 0.1) is 0 Å². The standard InChI is InChI=1S/C16H32N2S/c1-5-8-17-15-14(6-7-16(15,3)4)12-18-9-10-19-13(2)11-18/h13-15,17H,5-12H2,1-4H3. The molecule has 1 saturated heterocycles. The van der Waals surface area contributed by atoms with Crippen molar-refractivity contribution in [2.75, 3.05) is 31.9 Å². The molecule has 2 fully saturated rings. The Morgan fingerprint density at radius 2 is 2.16 bits per heavy atom. The van der Waals surface area contributed by atoms with Crippen molar-refractivity contribution in [3.05, 3.63) is 0 Å². The molecule has 0 radical (unpaired) electrons. The molecule has 1 aliphatic heterocycles. The molecule has 3 heteroatoms. The zero-order valence-corrected chi connectivity index (χ0v) is 14.1. The molecule has 0 aromatic carbocycles. The number of nitrogens with one attached hydrogen (secondary N) is 1. The first-order chi connectivity index (χ1) is 9.03. The van der Waals surface area contributed by atoms with E-state index in [1.54, 1.807) is 0 Å². The number of thioether (sulfide) groups is 1. The van der Waals surface area contributed by atoms with Crippen LogP contribution in [0.5, 0.6) is 0 Å². The predicted molar refractivity (Wildman–Crippen MR) is 86.9 cm³/mol. The van der Waals surface area contributed by atoms with Crippen LogP contribution in [0.4, 0.5) is 0 Å². The van der Waals surface area contributed by atoms with Gasteiger partial charge in [0, 0.05) is 36.7 Å². The molecular weight excluding hydrogens is 252 g/mol. The first-order valence-electron chi connectivity index (χ1n) is 8.10. The molecule has 2 rings (SSSR count). The van der Waals surface area contributed by atoms with Gasteiger partial charge in [-0.25, -0.2) is 0 Å². The largest absolute Gasteiger partial charge is 0.313 e. The van der Waals surface area contributed by atoms with E-state index < -0.39 is 0 Å². The predicted octanol–water partition coefficient (Wildman–Crippen LogP) is 3.23. The molecule has 0 spiro atoms. The molecule has 0 amide bonds. The van der Waals surface area contributed by atoms with Crippen LogP contribution < -0.4 is 5.32 Å². The van der Waals surface area contributed by atoms with Crippen LogP contribution in [-0.2, 0) is 0 Å². The summed E-state index contributed by atoms with van der Waals surface area (Å²) in [5.41, 5.74) is 0.482. The van der Waals surface area contributed by atoms with Crippen molar-refractivity contribution in [2.45, 2.75) is 58.2 Å². The number of hydrogen-bond donors (Lipinski definition) is 1. The normalized spacial score (nSPS) is 35.7. The lowest BCUT2D eigenvalue weighted by molar-refractivity contribution is 0.187. The smallest absolute Gasteiger partial charge is 0.0159 e. The summed E-state index contributed by atoms with van der Waals surface area (Å²) in [6.45, 7) is 14.6. The summed E-state index contributed by atoms with van der Waals surface area (Å²) in [4.78, 5) is 2.72. The van der Waals surface area contributed by atoms with Gasteiger partial charge in [-0.1, -0.05) is 27.7 Å². The second-order valence-corrected chi connectivity index (χ2v) is 8.71. The summed E-state index contributed by atoms with van der Waals surface area (Å²) in [6.07, 6.45) is 4.04. The van der Waals surface area contributed by atoms with E-state index in [-0.39, 0.29) is 0 Å². The van der Waals surface area contributed by atoms with Crippen LogP contribution in [-0.4, -0.2) is 48.1 Å². The van der Waals surface area contributed by atoms with Crippen LogP contribution in [0.3, 0.4) is 0 Å². The molecule has 112 valence electrons. The molecule has 1 aliphatic carbocycles. The lowest BCUT2D eigenvalue weighted by Gasteiger charge is -2.37. The third-order valence-corrected chi connectivity index (χ3v) is 6.04. The van der Waals surface area contributed by atoms with Crippen molar-refractivity contribution in [3.8, 4) is 0 Å². The highest BCUT2D eigenvalue weighted by atomic mass is 32.2. The number of nitrogens with zero attached hydrogens (tertiary/aromatic N) is 1. The minimum absolute atomic E-state index is 0.482. The van der Waals surface area contributed by atoms with E-state index in [4.69, 9.17) is 0 Å². The third-order valence-electron chi connectivity index (χ3n) is 4.90. The van der Waals surface area contributed by atoms with Crippen LogP contribution in [0.1, 0.15) is 47.0 Å². The molecule has 3 unspecified atom stereocenters. The molecule has 2 nitrogen and oxygen atoms in total. The Labute approximate surface area is 124 Å². The van der Waals surface area contributed by atoms with Crippen LogP contribution in [0.2, 0.25) is 0 Å². The molecule has 0 bridgehead atoms. The van der Waals surface area contributed by atoms with E-state index in [1.807, 2.05) is 0 Å². The molecule has 19 heavy (non-hydrogen) atoms. The Morgan fingerprint density at radius 3 is 2.84 bits per heavy atom. The summed E-state index contributed by atoms with van der Waals surface area (Å²) < 4.78 is 0. The maximum absolute atomic E-state index is 3.84. The average Bonchev–Trinajstić information content (AvgIpc) is 2.62. The van der Waals surface area contributed by atoms with Crippen LogP contribution in [0.25, 0.3) is 0 Å². The summed E-state index contributed by atoms with van der Waals surface area (Å²) in [6, 6.07) is 0.720. The second kappa shape index (κ2) is 6.82. The van der Waals surface area contributed by atoms with E-state index in [9.17, 15) is 0 Å². The molecule has 1 N–H and O–H groups in total. The molecular formula is C16H32N2S. The van der Waals surface area contributed by atoms with Gasteiger partial charge in [-0.2, -0.15) is 11.8 Å². The molecule has 3 atom stereocenters. The van der Waals surface area contributed by atoms with Gasteiger partial charge >= 0.3 is 0 Å². The van der Waals surface area contributed by atoms with Gasteiger partial charge in [0.2, 0.25) is 0 Å². The molecule has 0 aromatic rings. The van der Waals surface area contributed by atoms with E-state index >= 15 is 0 Å². The van der Waals surface area contributed by atoms with Gasteiger partial charge < -0.3 is 10.2 Å². The van der Waals surface area contributed by atoms with E-state index in [2.05, 4.69) is 49.7 Å². The fourth-order valence-electron chi connectivity index (χ4n) is 3.85. The van der Waals surface area contributed by atoms with Crippen molar-refractivity contribution in [3.63, 3.8) is 0 Å². The van der Waals surface area contributed by atoms with Gasteiger partial charge in [0.15, 0.2) is 0 Å². The zero-order chi connectivity index (χ0) is 13.9. The quantitative estimate of drug-likeness (QED) is 0.834. The van der Waals surface area contributed by atoms with E-state index in [1.165, 1.54) is 51.2 Å². The minimum Gasteiger partial charge on any atom is -0.313 e. The highest BCUT2D eigenvalue weighted by molar-refractivity contribution is 7.99. The third kappa shape index (κ3) is 4.12. The highest BCUT2D eigenvalue weighted by Gasteiger charge is 2.42. The summed E-state index contributed by atoms with van der Waals surface area (Å²) in [5.74, 6) is 2.18. The van der Waals surface area contributed by atoms with Crippen molar-refractivity contribution < 1.29 is 0 Å². The van der Waals surface area contributed by atoms with E-state index in [0.717, 1.165) is 17.2 Å². The van der Waals surface area contributed by atoms with Crippen LogP contribution >= 0.6 is 11.8 Å².